The van der Waals surface area contributed by atoms with Crippen LogP contribution >= 0.6 is 0 Å². The van der Waals surface area contributed by atoms with Crippen LogP contribution in [0.3, 0.4) is 0 Å². The Morgan fingerprint density at radius 2 is 1.54 bits per heavy atom. The highest BCUT2D eigenvalue weighted by Gasteiger charge is 2.50. The van der Waals surface area contributed by atoms with Crippen molar-refractivity contribution in [2.24, 2.45) is 0 Å². The zero-order valence-corrected chi connectivity index (χ0v) is 22.2. The summed E-state index contributed by atoms with van der Waals surface area (Å²) < 4.78 is 5.22. The number of urea groups is 1. The largest absolute Gasteiger partial charge is 0.497 e. The van der Waals surface area contributed by atoms with Crippen LogP contribution in [0.1, 0.15) is 16.7 Å². The lowest BCUT2D eigenvalue weighted by atomic mass is 9.98. The van der Waals surface area contributed by atoms with Crippen molar-refractivity contribution in [3.63, 3.8) is 0 Å². The molecule has 0 aromatic heterocycles. The fourth-order valence-corrected chi connectivity index (χ4v) is 5.29. The monoisotopic (exact) mass is 527 g/mol. The molecule has 2 heterocycles. The van der Waals surface area contributed by atoms with Crippen LogP contribution in [0.25, 0.3) is 0 Å². The molecule has 2 saturated heterocycles. The van der Waals surface area contributed by atoms with Gasteiger partial charge < -0.3 is 19.9 Å². The first kappa shape index (κ1) is 26.2. The van der Waals surface area contributed by atoms with E-state index in [0.29, 0.717) is 19.5 Å². The second-order valence-electron chi connectivity index (χ2n) is 9.86. The minimum absolute atomic E-state index is 0.00368. The Hall–Kier alpha value is -4.37. The maximum Gasteiger partial charge on any atom is 0.334 e. The van der Waals surface area contributed by atoms with Gasteiger partial charge in [0, 0.05) is 26.6 Å². The molecule has 2 aliphatic heterocycles. The number of hydrazine groups is 1. The molecule has 2 unspecified atom stereocenters. The first-order valence-electron chi connectivity index (χ1n) is 13.0. The van der Waals surface area contributed by atoms with E-state index in [9.17, 15) is 14.4 Å². The summed E-state index contributed by atoms with van der Waals surface area (Å²) in [5.41, 5.74) is 2.87. The van der Waals surface area contributed by atoms with Crippen molar-refractivity contribution in [1.82, 2.24) is 25.1 Å². The normalized spacial score (nSPS) is 19.6. The number of nitrogens with one attached hydrogen (secondary N) is 1. The van der Waals surface area contributed by atoms with Crippen molar-refractivity contribution in [2.45, 2.75) is 31.7 Å². The van der Waals surface area contributed by atoms with Crippen molar-refractivity contribution >= 4 is 17.8 Å². The van der Waals surface area contributed by atoms with E-state index < -0.39 is 12.2 Å². The molecule has 9 heteroatoms. The molecule has 2 atom stereocenters. The number of benzene rings is 3. The fraction of sp³-hybridized carbons (Fsp3) is 0.300. The zero-order valence-electron chi connectivity index (χ0n) is 22.2. The van der Waals surface area contributed by atoms with Crippen LogP contribution in [0, 0.1) is 0 Å². The number of rotatable bonds is 7. The molecule has 3 aromatic carbocycles. The number of nitrogens with zero attached hydrogens (tertiary/aromatic N) is 4. The van der Waals surface area contributed by atoms with Crippen molar-refractivity contribution in [1.29, 1.82) is 0 Å². The van der Waals surface area contributed by atoms with Crippen LogP contribution in [-0.4, -0.2) is 77.1 Å². The summed E-state index contributed by atoms with van der Waals surface area (Å²) >= 11 is 0. The molecule has 9 nitrogen and oxygen atoms in total. The lowest BCUT2D eigenvalue weighted by molar-refractivity contribution is -0.187. The molecule has 39 heavy (non-hydrogen) atoms. The molecule has 1 N–H and O–H groups in total. The summed E-state index contributed by atoms with van der Waals surface area (Å²) in [6.45, 7) is 0.928. The molecule has 3 aromatic rings. The Morgan fingerprint density at radius 3 is 2.18 bits per heavy atom. The van der Waals surface area contributed by atoms with E-state index in [1.165, 1.54) is 0 Å². The number of hydrogen-bond donors (Lipinski definition) is 1. The van der Waals surface area contributed by atoms with Gasteiger partial charge in [-0.3, -0.25) is 9.59 Å². The van der Waals surface area contributed by atoms with E-state index in [-0.39, 0.29) is 30.9 Å². The highest BCUT2D eigenvalue weighted by atomic mass is 16.5. The first-order chi connectivity index (χ1) is 18.9. The summed E-state index contributed by atoms with van der Waals surface area (Å²) in [4.78, 5) is 44.2. The van der Waals surface area contributed by atoms with Gasteiger partial charge >= 0.3 is 6.03 Å². The Labute approximate surface area is 228 Å². The average Bonchev–Trinajstić information content (AvgIpc) is 2.95. The third-order valence-electron chi connectivity index (χ3n) is 7.24. The standard InChI is InChI=1S/C30H33N5O4/c1-32-21-28(36)34-26(17-22-9-5-3-6-10-22)29(37)33(19-24-11-7-4-8-12-24)20-27(34)35(32)30(38)31-18-23-13-15-25(39-2)16-14-23/h3-16,26-27H,17-21H2,1-2H3,(H,31,38). The molecule has 0 aliphatic carbocycles. The Balaban J connectivity index is 1.42. The predicted octanol–water partition coefficient (Wildman–Crippen LogP) is 2.88. The predicted molar refractivity (Wildman–Crippen MR) is 146 cm³/mol. The van der Waals surface area contributed by atoms with Crippen LogP contribution < -0.4 is 10.1 Å². The molecule has 202 valence electrons. The number of likely N-dealkylation sites (N-methyl/N-ethyl adjacent to an activating group) is 1. The number of methoxy groups -OCH3 is 1. The molecule has 0 bridgehead atoms. The summed E-state index contributed by atoms with van der Waals surface area (Å²) in [6, 6.07) is 25.9. The van der Waals surface area contributed by atoms with Crippen molar-refractivity contribution < 1.29 is 19.1 Å². The van der Waals surface area contributed by atoms with Gasteiger partial charge in [0.05, 0.1) is 20.2 Å². The van der Waals surface area contributed by atoms with Gasteiger partial charge in [-0.25, -0.2) is 14.8 Å². The smallest absolute Gasteiger partial charge is 0.334 e. The van der Waals surface area contributed by atoms with Gasteiger partial charge in [-0.15, -0.1) is 0 Å². The van der Waals surface area contributed by atoms with E-state index in [1.54, 1.807) is 34.0 Å². The van der Waals surface area contributed by atoms with Crippen molar-refractivity contribution in [3.05, 3.63) is 102 Å². The second-order valence-corrected chi connectivity index (χ2v) is 9.86. The maximum atomic E-state index is 13.8. The second kappa shape index (κ2) is 11.6. The first-order valence-corrected chi connectivity index (χ1v) is 13.0. The number of carbonyl (C=O) groups excluding carboxylic acids is 3. The Morgan fingerprint density at radius 1 is 0.897 bits per heavy atom. The van der Waals surface area contributed by atoms with Gasteiger partial charge in [-0.2, -0.15) is 0 Å². The average molecular weight is 528 g/mol. The van der Waals surface area contributed by atoms with Crippen molar-refractivity contribution in [3.8, 4) is 5.75 Å². The molecule has 0 radical (unpaired) electrons. The molecular formula is C30H33N5O4. The molecule has 4 amide bonds. The number of carbonyl (C=O) groups is 3. The van der Waals surface area contributed by atoms with E-state index in [4.69, 9.17) is 4.74 Å². The zero-order chi connectivity index (χ0) is 27.4. The van der Waals surface area contributed by atoms with Gasteiger partial charge in [0.15, 0.2) is 0 Å². The highest BCUT2D eigenvalue weighted by molar-refractivity contribution is 5.91. The van der Waals surface area contributed by atoms with E-state index >= 15 is 0 Å². The number of hydrogen-bond acceptors (Lipinski definition) is 5. The lowest BCUT2D eigenvalue weighted by Gasteiger charge is -2.54. The summed E-state index contributed by atoms with van der Waals surface area (Å²) in [6.07, 6.45) is -0.264. The minimum Gasteiger partial charge on any atom is -0.497 e. The van der Waals surface area contributed by atoms with Gasteiger partial charge in [0.25, 0.3) is 0 Å². The molecule has 0 spiro atoms. The van der Waals surface area contributed by atoms with Crippen LogP contribution in [0.4, 0.5) is 4.79 Å². The number of fused-ring (bicyclic) bond motifs is 1. The molecule has 2 aliphatic rings. The fourth-order valence-electron chi connectivity index (χ4n) is 5.29. The van der Waals surface area contributed by atoms with Gasteiger partial charge in [0.1, 0.15) is 18.0 Å². The van der Waals surface area contributed by atoms with Crippen LogP contribution in [-0.2, 0) is 29.1 Å². The van der Waals surface area contributed by atoms with E-state index in [2.05, 4.69) is 5.32 Å². The highest BCUT2D eigenvalue weighted by Crippen LogP contribution is 2.28. The third-order valence-corrected chi connectivity index (χ3v) is 7.24. The van der Waals surface area contributed by atoms with Gasteiger partial charge in [-0.05, 0) is 28.8 Å². The van der Waals surface area contributed by atoms with Crippen LogP contribution in [0.5, 0.6) is 5.75 Å². The molecular weight excluding hydrogens is 494 g/mol. The quantitative estimate of drug-likeness (QED) is 0.511. The molecule has 2 fully saturated rings. The summed E-state index contributed by atoms with van der Waals surface area (Å²) in [7, 11) is 3.34. The molecule has 5 rings (SSSR count). The summed E-state index contributed by atoms with van der Waals surface area (Å²) in [5.74, 6) is 0.454. The van der Waals surface area contributed by atoms with Gasteiger partial charge in [-0.1, -0.05) is 72.8 Å². The Bertz CT molecular complexity index is 1300. The van der Waals surface area contributed by atoms with Crippen LogP contribution in [0.15, 0.2) is 84.9 Å². The number of amides is 4. The SMILES string of the molecule is COc1ccc(CNC(=O)N2C3CN(Cc4ccccc4)C(=O)C(Cc4ccccc4)N3C(=O)CN2C)cc1. The van der Waals surface area contributed by atoms with Crippen LogP contribution in [0.2, 0.25) is 0 Å². The minimum atomic E-state index is -0.715. The number of piperazine rings is 1. The summed E-state index contributed by atoms with van der Waals surface area (Å²) in [5, 5.41) is 6.21. The lowest BCUT2D eigenvalue weighted by Crippen LogP contribution is -2.76. The van der Waals surface area contributed by atoms with E-state index in [1.807, 2.05) is 84.9 Å². The third kappa shape index (κ3) is 5.73. The van der Waals surface area contributed by atoms with Gasteiger partial charge in [0.2, 0.25) is 11.8 Å². The maximum absolute atomic E-state index is 13.8. The topological polar surface area (TPSA) is 85.4 Å². The number of ether oxygens (including phenoxy) is 1. The molecule has 0 saturated carbocycles. The van der Waals surface area contributed by atoms with Crippen molar-refractivity contribution in [2.75, 3.05) is 27.2 Å². The van der Waals surface area contributed by atoms with E-state index in [0.717, 1.165) is 22.4 Å². The Kier molecular flexibility index (Phi) is 7.79.